The number of amides is 1. The highest BCUT2D eigenvalue weighted by Gasteiger charge is 2.24. The summed E-state index contributed by atoms with van der Waals surface area (Å²) in [6.45, 7) is 6.37. The molecule has 0 spiro atoms. The zero-order valence-electron chi connectivity index (χ0n) is 46.1. The van der Waals surface area contributed by atoms with Gasteiger partial charge in [-0.3, -0.25) is 9.59 Å². The van der Waals surface area contributed by atoms with Crippen molar-refractivity contribution in [3.8, 4) is 0 Å². The van der Waals surface area contributed by atoms with Crippen molar-refractivity contribution in [2.45, 2.75) is 302 Å². The summed E-state index contributed by atoms with van der Waals surface area (Å²) in [7, 11) is 0. The van der Waals surface area contributed by atoms with E-state index in [1.807, 2.05) is 0 Å². The molecule has 0 saturated carbocycles. The Bertz CT molecular complexity index is 1330. The Hall–Kier alpha value is -2.96. The Balaban J connectivity index is 4.68. The zero-order chi connectivity index (χ0) is 50.9. The monoisotopic (exact) mass is 976 g/mol. The molecule has 1 amide bonds. The molecule has 0 heterocycles. The van der Waals surface area contributed by atoms with Gasteiger partial charge in [-0.2, -0.15) is 0 Å². The molecule has 70 heavy (non-hydrogen) atoms. The van der Waals surface area contributed by atoms with Gasteiger partial charge < -0.3 is 20.3 Å². The number of hydrogen-bond acceptors (Lipinski definition) is 5. The molecular weight excluding hydrogens is 863 g/mol. The van der Waals surface area contributed by atoms with Gasteiger partial charge in [0.05, 0.1) is 25.2 Å². The van der Waals surface area contributed by atoms with Gasteiger partial charge in [0.15, 0.2) is 0 Å². The quantitative estimate of drug-likeness (QED) is 0.0244. The molecule has 0 rings (SSSR count). The van der Waals surface area contributed by atoms with Crippen molar-refractivity contribution in [1.82, 2.24) is 5.32 Å². The molecule has 0 aromatic heterocycles. The largest absolute Gasteiger partial charge is 0.462 e. The summed E-state index contributed by atoms with van der Waals surface area (Å²) in [4.78, 5) is 26.3. The first kappa shape index (κ1) is 67.0. The van der Waals surface area contributed by atoms with Crippen LogP contribution in [0.5, 0.6) is 0 Å². The maximum atomic E-state index is 13.3. The number of carbonyl (C=O) groups is 2. The van der Waals surface area contributed by atoms with Crippen LogP contribution >= 0.6 is 0 Å². The second-order valence-corrected chi connectivity index (χ2v) is 20.0. The van der Waals surface area contributed by atoms with E-state index in [1.165, 1.54) is 135 Å². The van der Waals surface area contributed by atoms with Gasteiger partial charge in [0, 0.05) is 6.42 Å². The molecule has 0 saturated heterocycles. The number of esters is 1. The van der Waals surface area contributed by atoms with Gasteiger partial charge >= 0.3 is 5.97 Å². The van der Waals surface area contributed by atoms with Gasteiger partial charge in [-0.25, -0.2) is 0 Å². The van der Waals surface area contributed by atoms with E-state index in [9.17, 15) is 19.8 Å². The number of unbranched alkanes of at least 4 members (excludes halogenated alkanes) is 28. The third-order valence-corrected chi connectivity index (χ3v) is 13.2. The molecule has 0 aliphatic rings. The van der Waals surface area contributed by atoms with E-state index in [2.05, 4.69) is 111 Å². The van der Waals surface area contributed by atoms with E-state index < -0.39 is 18.2 Å². The second kappa shape index (κ2) is 56.9. The third-order valence-electron chi connectivity index (χ3n) is 13.2. The van der Waals surface area contributed by atoms with Crippen molar-refractivity contribution in [3.05, 3.63) is 85.1 Å². The molecule has 0 aliphatic heterocycles. The number of rotatable bonds is 53. The predicted octanol–water partition coefficient (Wildman–Crippen LogP) is 18.7. The maximum absolute atomic E-state index is 13.3. The van der Waals surface area contributed by atoms with Crippen molar-refractivity contribution >= 4 is 11.9 Å². The molecule has 0 bridgehead atoms. The van der Waals surface area contributed by atoms with Crippen LogP contribution in [0.3, 0.4) is 0 Å². The number of aliphatic hydroxyl groups excluding tert-OH is 2. The van der Waals surface area contributed by atoms with Crippen molar-refractivity contribution in [1.29, 1.82) is 0 Å². The number of allylic oxidation sites excluding steroid dienone is 14. The van der Waals surface area contributed by atoms with Crippen molar-refractivity contribution < 1.29 is 24.5 Å². The lowest BCUT2D eigenvalue weighted by Crippen LogP contribution is -2.46. The van der Waals surface area contributed by atoms with Crippen LogP contribution in [-0.4, -0.2) is 46.9 Å². The van der Waals surface area contributed by atoms with E-state index in [-0.39, 0.29) is 24.9 Å². The fraction of sp³-hybridized carbons (Fsp3) is 0.750. The minimum absolute atomic E-state index is 0.0293. The first-order valence-electron chi connectivity index (χ1n) is 29.8. The lowest BCUT2D eigenvalue weighted by molar-refractivity contribution is -0.151. The molecule has 0 radical (unpaired) electrons. The van der Waals surface area contributed by atoms with Gasteiger partial charge in [0.1, 0.15) is 6.10 Å². The smallest absolute Gasteiger partial charge is 0.306 e. The Kier molecular flexibility index (Phi) is 54.5. The molecule has 3 atom stereocenters. The van der Waals surface area contributed by atoms with Crippen LogP contribution in [0.15, 0.2) is 85.1 Å². The van der Waals surface area contributed by atoms with Crippen LogP contribution in [0.2, 0.25) is 0 Å². The number of nitrogens with one attached hydrogen (secondary N) is 1. The molecule has 404 valence electrons. The normalized spacial score (nSPS) is 13.7. The number of hydrogen-bond donors (Lipinski definition) is 3. The van der Waals surface area contributed by atoms with Crippen LogP contribution in [0.1, 0.15) is 284 Å². The SMILES string of the molecule is CC/C=C\C/C=C\C/C=C\C/C=C\C/C=C\CCCC(CC(=O)NC(CO)C(O)CCCCCCCCCCCCCCCCCC)OC(=O)CCCCCCC/C=C/C=C/CCCCCCCCC. The minimum Gasteiger partial charge on any atom is -0.462 e. The summed E-state index contributed by atoms with van der Waals surface area (Å²) in [5.74, 6) is -0.545. The van der Waals surface area contributed by atoms with Crippen LogP contribution in [-0.2, 0) is 14.3 Å². The fourth-order valence-electron chi connectivity index (χ4n) is 8.75. The van der Waals surface area contributed by atoms with Gasteiger partial charge in [0.25, 0.3) is 0 Å². The van der Waals surface area contributed by atoms with Crippen LogP contribution in [0.4, 0.5) is 0 Å². The third kappa shape index (κ3) is 51.4. The summed E-state index contributed by atoms with van der Waals surface area (Å²) in [5, 5.41) is 23.9. The van der Waals surface area contributed by atoms with E-state index in [4.69, 9.17) is 4.74 Å². The zero-order valence-corrected chi connectivity index (χ0v) is 46.1. The highest BCUT2D eigenvalue weighted by atomic mass is 16.5. The highest BCUT2D eigenvalue weighted by Crippen LogP contribution is 2.17. The Morgan fingerprint density at radius 1 is 0.443 bits per heavy atom. The summed E-state index contributed by atoms with van der Waals surface area (Å²) in [6.07, 6.45) is 75.1. The molecule has 0 aromatic rings. The van der Waals surface area contributed by atoms with Crippen LogP contribution in [0, 0.1) is 0 Å². The standard InChI is InChI=1S/C64H113NO5/c1-4-7-10-13-16-19-22-25-28-31-33-36-39-42-45-48-51-54-57-64(69)70-60(55-52-49-46-43-40-37-34-32-29-26-23-20-17-14-11-8-5-2)58-63(68)65-61(59-66)62(67)56-53-50-47-44-41-38-35-30-27-24-21-18-15-12-9-6-3/h8,11,17,20,26,28-29,31,33-34,36-37,43,46,60-62,66-67H,4-7,9-10,12-16,18-19,21-25,27,30,32,35,38-42,44-45,47-59H2,1-3H3,(H,65,68)/b11-8-,20-17-,29-26-,31-28+,36-33+,37-34-,46-43-. The van der Waals surface area contributed by atoms with Crippen LogP contribution in [0.25, 0.3) is 0 Å². The molecule has 6 nitrogen and oxygen atoms in total. The number of carbonyl (C=O) groups excluding carboxylic acids is 2. The minimum atomic E-state index is -0.811. The van der Waals surface area contributed by atoms with Gasteiger partial charge in [-0.1, -0.05) is 266 Å². The molecule has 3 N–H and O–H groups in total. The first-order chi connectivity index (χ1) is 34.5. The van der Waals surface area contributed by atoms with Gasteiger partial charge in [0.2, 0.25) is 5.91 Å². The van der Waals surface area contributed by atoms with Crippen molar-refractivity contribution in [3.63, 3.8) is 0 Å². The molecule has 0 aliphatic carbocycles. The lowest BCUT2D eigenvalue weighted by atomic mass is 10.0. The van der Waals surface area contributed by atoms with E-state index in [0.717, 1.165) is 103 Å². The average molecular weight is 977 g/mol. The van der Waals surface area contributed by atoms with Gasteiger partial charge in [-0.05, 0) is 89.9 Å². The van der Waals surface area contributed by atoms with Crippen molar-refractivity contribution in [2.24, 2.45) is 0 Å². The summed E-state index contributed by atoms with van der Waals surface area (Å²) < 4.78 is 5.93. The fourth-order valence-corrected chi connectivity index (χ4v) is 8.75. The average Bonchev–Trinajstić information content (AvgIpc) is 3.35. The molecular formula is C64H113NO5. The lowest BCUT2D eigenvalue weighted by Gasteiger charge is -2.24. The number of aliphatic hydroxyl groups is 2. The predicted molar refractivity (Wildman–Crippen MR) is 305 cm³/mol. The highest BCUT2D eigenvalue weighted by molar-refractivity contribution is 5.77. The van der Waals surface area contributed by atoms with E-state index in [1.54, 1.807) is 0 Å². The first-order valence-corrected chi connectivity index (χ1v) is 29.8. The summed E-state index contributed by atoms with van der Waals surface area (Å²) in [6, 6.07) is -0.729. The molecule has 3 unspecified atom stereocenters. The van der Waals surface area contributed by atoms with Gasteiger partial charge in [-0.15, -0.1) is 0 Å². The topological polar surface area (TPSA) is 95.9 Å². The van der Waals surface area contributed by atoms with Crippen molar-refractivity contribution in [2.75, 3.05) is 6.61 Å². The molecule has 0 aromatic carbocycles. The number of ether oxygens (including phenoxy) is 1. The maximum Gasteiger partial charge on any atom is 0.306 e. The van der Waals surface area contributed by atoms with E-state index >= 15 is 0 Å². The summed E-state index contributed by atoms with van der Waals surface area (Å²) in [5.41, 5.74) is 0. The second-order valence-electron chi connectivity index (χ2n) is 20.0. The van der Waals surface area contributed by atoms with E-state index in [0.29, 0.717) is 19.3 Å². The Morgan fingerprint density at radius 2 is 0.829 bits per heavy atom. The Morgan fingerprint density at radius 3 is 1.27 bits per heavy atom. The Labute approximate surface area is 433 Å². The van der Waals surface area contributed by atoms with Crippen LogP contribution < -0.4 is 5.32 Å². The molecule has 6 heteroatoms. The molecule has 0 fully saturated rings. The summed E-state index contributed by atoms with van der Waals surface area (Å²) >= 11 is 0.